The predicted molar refractivity (Wildman–Crippen MR) is 575 cm³/mol. The molecule has 0 saturated carbocycles. The van der Waals surface area contributed by atoms with Gasteiger partial charge in [-0.15, -0.1) is 47.0 Å². The summed E-state index contributed by atoms with van der Waals surface area (Å²) in [6.45, 7) is 25.4. The van der Waals surface area contributed by atoms with E-state index in [1.54, 1.807) is 107 Å². The Balaban J connectivity index is 0.000000160. The van der Waals surface area contributed by atoms with Crippen LogP contribution in [0.5, 0.6) is 0 Å². The molecule has 0 bridgehead atoms. The zero-order valence-corrected chi connectivity index (χ0v) is 105. The Morgan fingerprint density at radius 2 is 0.603 bits per heavy atom. The second kappa shape index (κ2) is 56.2. The zero-order chi connectivity index (χ0) is 87.2. The Kier molecular flexibility index (Phi) is 47.0. The van der Waals surface area contributed by atoms with Gasteiger partial charge in [0.15, 0.2) is 0 Å². The van der Waals surface area contributed by atoms with Crippen LogP contribution in [0.3, 0.4) is 0 Å². The van der Waals surface area contributed by atoms with E-state index in [4.69, 9.17) is 30.1 Å². The number of rotatable bonds is 0. The number of thioether (sulfide) groups is 24. The standard InChI is InChI=1S/C12H12Te4.C10H8O4S4.C10H8S8.C10H10S4Se2.C10H12S4.C10H12Se4.C6H4S4.CH3FS.CH3FTe.CH3F.CH4.FH.H2/c1-3-7-8(4-1)14-11(13-7)12-15-9-5-2-6-10(9)16-12;2*1-2-12-6-5(11-1)15-9(16-6)10-17-7-8(18-10)14-4-3-13-7;1-5-6(2)16-10(15-5)9-13-7-8(14-9)12-4-3-11-7;2*1-5-6(2)12-9(11-5)10-13-7(3)8(4)14-10;1-2-8-5(7-1)6-9-3-4-10-6;2*1-3-2;1-2;;;/h1-6H2;2*1-4H2;3-4H2,1-2H3;2*1-4H3;1-4H;2*1H3;1H3;1H4;2*1H/i;;;;;;;1T2;1T;1T3;;;1+2T. The summed E-state index contributed by atoms with van der Waals surface area (Å²) in [7, 11) is -3.25. The molecule has 4 nitrogen and oxygen atoms in total. The summed E-state index contributed by atoms with van der Waals surface area (Å²) >= 11 is 49.8. The second-order valence-electron chi connectivity index (χ2n) is 23.0. The number of hydrogen-bond donors (Lipinski definition) is 0. The molecule has 19 heterocycles. The van der Waals surface area contributed by atoms with E-state index in [9.17, 15) is 11.2 Å². The van der Waals surface area contributed by atoms with E-state index in [0.717, 1.165) is 80.2 Å². The van der Waals surface area contributed by atoms with Crippen LogP contribution in [0, 0.1) is 0 Å². The molecule has 0 aromatic rings. The number of halogens is 4. The normalized spacial score (nSPS) is 24.8. The van der Waals surface area contributed by atoms with Crippen LogP contribution >= 0.6 is 294 Å². The summed E-state index contributed by atoms with van der Waals surface area (Å²) < 4.78 is 150. The van der Waals surface area contributed by atoms with Gasteiger partial charge in [-0.25, -0.2) is 0 Å². The van der Waals surface area contributed by atoms with E-state index in [2.05, 4.69) is 156 Å². The maximum absolute atomic E-state index is 10.7. The van der Waals surface area contributed by atoms with Crippen molar-refractivity contribution in [2.45, 2.75) is 120 Å². The molecule has 2 aliphatic carbocycles. The molecule has 0 spiro atoms. The molecular formula is C72H82F4O4S25Se6Te5. The maximum atomic E-state index is 10.7. The van der Waals surface area contributed by atoms with Crippen molar-refractivity contribution < 1.29 is 46.0 Å². The quantitative estimate of drug-likeness (QED) is 0.170. The molecule has 19 aliphatic heterocycles. The van der Waals surface area contributed by atoms with Gasteiger partial charge in [0.2, 0.25) is 20.4 Å². The van der Waals surface area contributed by atoms with Crippen molar-refractivity contribution in [1.82, 2.24) is 0 Å². The Bertz CT molecular complexity index is 4080. The first kappa shape index (κ1) is 96.9. The summed E-state index contributed by atoms with van der Waals surface area (Å²) in [6.07, 6.45) is 7.84. The summed E-state index contributed by atoms with van der Waals surface area (Å²) in [5, 5.41) is 12.1. The van der Waals surface area contributed by atoms with Gasteiger partial charge in [-0.2, -0.15) is 3.89 Å². The molecule has 0 atom stereocenters. The fraction of sp³-hybridized carbons (Fsp3) is 0.417. The van der Waals surface area contributed by atoms with Crippen LogP contribution in [0.15, 0.2) is 180 Å². The van der Waals surface area contributed by atoms with Gasteiger partial charge < -0.3 is 18.9 Å². The monoisotopic (exact) mass is 3030 g/mol. The van der Waals surface area contributed by atoms with Crippen molar-refractivity contribution in [3.05, 3.63) is 180 Å². The number of ether oxygens (including phenoxy) is 4. The maximum Gasteiger partial charge on any atom is 0 e. The summed E-state index contributed by atoms with van der Waals surface area (Å²) in [6, 6.07) is 0. The number of allylic oxidation sites excluding steroid dienone is 14. The Labute approximate surface area is 893 Å². The third-order valence-electron chi connectivity index (χ3n) is 15.5. The van der Waals surface area contributed by atoms with Gasteiger partial charge in [-0.3, -0.25) is 9.09 Å². The van der Waals surface area contributed by atoms with E-state index < -0.39 is 34.8 Å². The van der Waals surface area contributed by atoms with E-state index in [1.165, 1.54) is 127 Å². The Hall–Kier alpha value is 9.27. The summed E-state index contributed by atoms with van der Waals surface area (Å²) in [5.74, 6) is 7.71. The minimum absolute atomic E-state index is 0. The first-order valence-electron chi connectivity index (χ1n) is 38.2. The van der Waals surface area contributed by atoms with Gasteiger partial charge in [0, 0.05) is 47.1 Å². The van der Waals surface area contributed by atoms with Gasteiger partial charge in [-0.1, -0.05) is 149 Å². The minimum Gasteiger partial charge on any atom is 0 e. The molecule has 0 saturated heterocycles. The van der Waals surface area contributed by atoms with Gasteiger partial charge in [0.25, 0.3) is 0 Å². The molecule has 0 fully saturated rings. The van der Waals surface area contributed by atoms with Crippen LogP contribution < -0.4 is 0 Å². The van der Waals surface area contributed by atoms with Gasteiger partial charge in [0.05, 0.1) is 62.1 Å². The van der Waals surface area contributed by atoms with Crippen molar-refractivity contribution in [3.8, 4) is 0 Å². The Morgan fingerprint density at radius 1 is 0.379 bits per heavy atom. The smallest absolute Gasteiger partial charge is 0 e. The van der Waals surface area contributed by atoms with E-state index in [0.29, 0.717) is 56.3 Å². The molecule has 0 unspecified atom stereocenters. The molecular weight excluding hydrogens is 2920 g/mol. The van der Waals surface area contributed by atoms with Gasteiger partial charge in [0.1, 0.15) is 26.4 Å². The number of alkyl halides is 1. The minimum atomic E-state index is -3.25. The molecule has 0 aromatic carbocycles. The van der Waals surface area contributed by atoms with Crippen LogP contribution in [-0.2, 0) is 18.9 Å². The van der Waals surface area contributed by atoms with E-state index in [1.807, 2.05) is 195 Å². The third kappa shape index (κ3) is 31.4. The molecule has 638 valence electrons. The van der Waals surface area contributed by atoms with Crippen LogP contribution in [-0.4, -0.2) is 269 Å². The molecule has 21 aliphatic rings. The average molecular weight is 3020 g/mol. The molecule has 116 heavy (non-hydrogen) atoms. The topological polar surface area (TPSA) is 36.9 Å². The zero-order valence-electron chi connectivity index (χ0n) is 70.3. The molecule has 0 N–H and O–H groups in total. The van der Waals surface area contributed by atoms with Crippen LogP contribution in [0.1, 0.15) is 126 Å². The van der Waals surface area contributed by atoms with Crippen molar-refractivity contribution >= 4 is 489 Å². The Morgan fingerprint density at radius 3 is 0.845 bits per heavy atom. The van der Waals surface area contributed by atoms with Crippen molar-refractivity contribution in [3.63, 3.8) is 0 Å². The van der Waals surface area contributed by atoms with Crippen LogP contribution in [0.2, 0.25) is 4.95 Å². The van der Waals surface area contributed by atoms with Crippen molar-refractivity contribution in [2.75, 3.05) is 74.3 Å². The number of hydrogen-bond acceptors (Lipinski definition) is 29. The third-order valence-corrected chi connectivity index (χ3v) is 99.3. The molecule has 0 radical (unpaired) electrons. The predicted octanol–water partition coefficient (Wildman–Crippen LogP) is 29.9. The molecule has 0 aromatic heterocycles. The SMILES string of the molecule is C.C1=CSC(=C2SC=CS2)S1.C1CC2=C(C1)[Te]C(=C1[Te]C3=C(CCC3)[Te]1)[Te]2.C1COC2=C(O1)SC(=C1SC3=C(OCCO3)S1)S2.C1CSC2=C(S1)SC(=C1SC3=C(SCCS3)S1)S2.CC1=C(C)SC(=C2SC(C)=C(C)S2)S1.CC1=C(C)[Se]C(=C2SC3=C(SCCS3)S2)[Se]1.CC1=C(C)[Se]C(=C2[Se]C(C)=C(C)[Se]2)[Se]1.F.[3H]C([3H])([3H])F.[3H]C([3H])SF.[3H]C[Te]F.[3H][3H]. The summed E-state index contributed by atoms with van der Waals surface area (Å²) in [5.41, 5.74) is 0. The van der Waals surface area contributed by atoms with Gasteiger partial charge in [-0.05, 0) is 116 Å². The first-order chi connectivity index (χ1) is 58.7. The molecule has 0 amide bonds. The van der Waals surface area contributed by atoms with Gasteiger partial charge >= 0.3 is 410 Å². The van der Waals surface area contributed by atoms with Crippen LogP contribution in [0.25, 0.3) is 0 Å². The fourth-order valence-corrected chi connectivity index (χ4v) is 94.1. The summed E-state index contributed by atoms with van der Waals surface area (Å²) in [4.78, 5) is 5.87. The molecule has 21 rings (SSSR count). The second-order valence-corrected chi connectivity index (χ2v) is 89.9. The fourth-order valence-electron chi connectivity index (χ4n) is 9.71. The van der Waals surface area contributed by atoms with Crippen molar-refractivity contribution in [1.29, 1.82) is 0 Å². The van der Waals surface area contributed by atoms with Crippen LogP contribution in [0.4, 0.5) is 15.9 Å². The van der Waals surface area contributed by atoms with E-state index in [-0.39, 0.29) is 113 Å². The first-order valence-corrected chi connectivity index (χ1v) is 77.6. The van der Waals surface area contributed by atoms with E-state index >= 15 is 0 Å². The molecule has 44 heteroatoms. The average Bonchev–Trinajstić information content (AvgIpc) is 1.65. The van der Waals surface area contributed by atoms with Crippen molar-refractivity contribution in [2.24, 2.45) is 0 Å². The largest absolute Gasteiger partial charge is 0 e.